The van der Waals surface area contributed by atoms with Gasteiger partial charge in [0.1, 0.15) is 18.7 Å². The van der Waals surface area contributed by atoms with E-state index in [-0.39, 0.29) is 81.4 Å². The number of nitrogens with zero attached hydrogens (tertiary/aromatic N) is 1. The molecule has 7 amide bonds. The highest BCUT2D eigenvalue weighted by molar-refractivity contribution is 6.25. The molecule has 19 nitrogen and oxygen atoms in total. The molecule has 0 bridgehead atoms. The zero-order valence-electron chi connectivity index (χ0n) is 33.8. The maximum Gasteiger partial charge on any atom is 0.330 e. The number of amides is 7. The first-order valence-corrected chi connectivity index (χ1v) is 20.0. The van der Waals surface area contributed by atoms with E-state index in [9.17, 15) is 38.4 Å². The van der Waals surface area contributed by atoms with Crippen molar-refractivity contribution in [1.29, 1.82) is 0 Å². The molecule has 1 aromatic rings. The summed E-state index contributed by atoms with van der Waals surface area (Å²) in [6.07, 6.45) is 4.12. The van der Waals surface area contributed by atoms with Crippen molar-refractivity contribution in [2.24, 2.45) is 11.8 Å². The number of rotatable bonds is 26. The molecular formula is C40H56N6O13. The molecule has 3 aliphatic rings. The molecule has 0 aromatic heterocycles. The topological polar surface area (TPSA) is 246 Å². The summed E-state index contributed by atoms with van der Waals surface area (Å²) in [4.78, 5) is 101. The quantitative estimate of drug-likeness (QED) is 0.0363. The molecule has 1 aromatic carbocycles. The third-order valence-corrected chi connectivity index (χ3v) is 9.52. The summed E-state index contributed by atoms with van der Waals surface area (Å²) in [6, 6.07) is 2.30. The van der Waals surface area contributed by atoms with Crippen LogP contribution in [-0.4, -0.2) is 143 Å². The van der Waals surface area contributed by atoms with E-state index >= 15 is 0 Å². The average molecular weight is 829 g/mol. The third kappa shape index (κ3) is 14.5. The summed E-state index contributed by atoms with van der Waals surface area (Å²) in [5.41, 5.74) is 0.804. The van der Waals surface area contributed by atoms with Crippen molar-refractivity contribution in [2.45, 2.75) is 71.0 Å². The Morgan fingerprint density at radius 1 is 0.881 bits per heavy atom. The maximum absolute atomic E-state index is 13.3. The molecule has 3 aliphatic heterocycles. The van der Waals surface area contributed by atoms with Crippen LogP contribution < -0.4 is 26.6 Å². The molecule has 4 rings (SSSR count). The lowest BCUT2D eigenvalue weighted by Crippen LogP contribution is -2.54. The second-order valence-electron chi connectivity index (χ2n) is 14.5. The Morgan fingerprint density at radius 3 is 2.22 bits per heavy atom. The largest absolute Gasteiger partial charge is 0.463 e. The fourth-order valence-corrected chi connectivity index (χ4v) is 6.71. The smallest absolute Gasteiger partial charge is 0.330 e. The van der Waals surface area contributed by atoms with Crippen molar-refractivity contribution in [2.75, 3.05) is 77.9 Å². The Balaban J connectivity index is 1.05. The predicted octanol–water partition coefficient (Wildman–Crippen LogP) is 0.227. The molecule has 2 fully saturated rings. The van der Waals surface area contributed by atoms with Gasteiger partial charge in [-0.1, -0.05) is 26.0 Å². The van der Waals surface area contributed by atoms with Gasteiger partial charge in [0.25, 0.3) is 11.8 Å². The van der Waals surface area contributed by atoms with Gasteiger partial charge in [-0.25, -0.2) is 4.79 Å². The minimum atomic E-state index is -1.04. The van der Waals surface area contributed by atoms with Crippen LogP contribution in [0.3, 0.4) is 0 Å². The van der Waals surface area contributed by atoms with E-state index in [1.54, 1.807) is 19.1 Å². The Kier molecular flexibility index (Phi) is 18.9. The number of esters is 1. The maximum atomic E-state index is 13.3. The van der Waals surface area contributed by atoms with Crippen LogP contribution in [0.1, 0.15) is 73.6 Å². The Labute approximate surface area is 343 Å². The van der Waals surface area contributed by atoms with E-state index < -0.39 is 59.5 Å². The zero-order valence-corrected chi connectivity index (χ0v) is 33.8. The lowest BCUT2D eigenvalue weighted by Gasteiger charge is -2.27. The molecule has 3 heterocycles. The number of nitrogens with one attached hydrogen (secondary N) is 5. The van der Waals surface area contributed by atoms with Gasteiger partial charge in [-0.3, -0.25) is 43.8 Å². The number of carbonyl (C=O) groups is 8. The molecule has 0 aliphatic carbocycles. The Hall–Kier alpha value is -5.24. The SMILES string of the molecule is CCOC(=O)/C=C/[C@H](C[C@@H]1CCNC1=O)NC(=O)[C@H](CC(C)C)NC(=O)COCCOCCOCCOCCNc1cccc2c1C(=O)N(C1CCC(=O)NC1=O)C2=O. The summed E-state index contributed by atoms with van der Waals surface area (Å²) >= 11 is 0. The molecule has 19 heteroatoms. The lowest BCUT2D eigenvalue weighted by molar-refractivity contribution is -0.138. The highest BCUT2D eigenvalue weighted by Gasteiger charge is 2.45. The Morgan fingerprint density at radius 2 is 1.58 bits per heavy atom. The van der Waals surface area contributed by atoms with Gasteiger partial charge >= 0.3 is 5.97 Å². The fourth-order valence-electron chi connectivity index (χ4n) is 6.71. The number of ether oxygens (including phenoxy) is 5. The van der Waals surface area contributed by atoms with E-state index in [0.717, 1.165) is 4.90 Å². The molecule has 2 saturated heterocycles. The number of fused-ring (bicyclic) bond motifs is 1. The minimum absolute atomic E-state index is 0.0418. The van der Waals surface area contributed by atoms with Crippen LogP contribution in [0.25, 0.3) is 0 Å². The van der Waals surface area contributed by atoms with Gasteiger partial charge in [0, 0.05) is 43.2 Å². The van der Waals surface area contributed by atoms with Crippen molar-refractivity contribution >= 4 is 53.0 Å². The van der Waals surface area contributed by atoms with Gasteiger partial charge in [-0.15, -0.1) is 0 Å². The van der Waals surface area contributed by atoms with Crippen molar-refractivity contribution < 1.29 is 62.0 Å². The van der Waals surface area contributed by atoms with Crippen LogP contribution in [0.4, 0.5) is 5.69 Å². The third-order valence-electron chi connectivity index (χ3n) is 9.52. The first-order valence-electron chi connectivity index (χ1n) is 20.0. The van der Waals surface area contributed by atoms with Crippen LogP contribution in [-0.2, 0) is 52.5 Å². The number of hydrogen-bond acceptors (Lipinski definition) is 14. The lowest BCUT2D eigenvalue weighted by atomic mass is 9.97. The summed E-state index contributed by atoms with van der Waals surface area (Å²) in [7, 11) is 0. The molecule has 0 radical (unpaired) electrons. The number of carbonyl (C=O) groups excluding carboxylic acids is 8. The second-order valence-corrected chi connectivity index (χ2v) is 14.5. The monoisotopic (exact) mass is 828 g/mol. The highest BCUT2D eigenvalue weighted by atomic mass is 16.6. The van der Waals surface area contributed by atoms with Crippen LogP contribution in [0.15, 0.2) is 30.4 Å². The van der Waals surface area contributed by atoms with Crippen molar-refractivity contribution in [3.8, 4) is 0 Å². The van der Waals surface area contributed by atoms with Crippen molar-refractivity contribution in [1.82, 2.24) is 26.2 Å². The van der Waals surface area contributed by atoms with Crippen LogP contribution in [0.5, 0.6) is 0 Å². The number of piperidine rings is 1. The van der Waals surface area contributed by atoms with Crippen LogP contribution in [0, 0.1) is 11.8 Å². The Bertz CT molecular complexity index is 1700. The fraction of sp³-hybridized carbons (Fsp3) is 0.600. The first kappa shape index (κ1) is 46.4. The molecule has 4 atom stereocenters. The number of hydrogen-bond donors (Lipinski definition) is 5. The number of imide groups is 2. The van der Waals surface area contributed by atoms with Gasteiger partial charge in [-0.2, -0.15) is 0 Å². The first-order chi connectivity index (χ1) is 28.4. The molecule has 59 heavy (non-hydrogen) atoms. The van der Waals surface area contributed by atoms with Crippen molar-refractivity contribution in [3.05, 3.63) is 41.5 Å². The van der Waals surface area contributed by atoms with Gasteiger partial charge in [0.2, 0.25) is 29.5 Å². The minimum Gasteiger partial charge on any atom is -0.463 e. The zero-order chi connectivity index (χ0) is 42.7. The van der Waals surface area contributed by atoms with Gasteiger partial charge in [0.15, 0.2) is 0 Å². The molecule has 0 spiro atoms. The molecular weight excluding hydrogens is 772 g/mol. The summed E-state index contributed by atoms with van der Waals surface area (Å²) in [5, 5.41) is 13.7. The number of benzene rings is 1. The molecule has 1 unspecified atom stereocenters. The second kappa shape index (κ2) is 24.0. The van der Waals surface area contributed by atoms with E-state index in [4.69, 9.17) is 23.7 Å². The van der Waals surface area contributed by atoms with E-state index in [1.165, 1.54) is 18.2 Å². The molecule has 0 saturated carbocycles. The average Bonchev–Trinajstić information content (AvgIpc) is 3.71. The summed E-state index contributed by atoms with van der Waals surface area (Å²) in [6.45, 7) is 8.13. The summed E-state index contributed by atoms with van der Waals surface area (Å²) < 4.78 is 27.0. The van der Waals surface area contributed by atoms with Crippen LogP contribution in [0.2, 0.25) is 0 Å². The van der Waals surface area contributed by atoms with Gasteiger partial charge < -0.3 is 45.0 Å². The van der Waals surface area contributed by atoms with Gasteiger partial charge in [-0.05, 0) is 50.7 Å². The van der Waals surface area contributed by atoms with E-state index in [0.29, 0.717) is 57.9 Å². The number of anilines is 1. The van der Waals surface area contributed by atoms with E-state index in [2.05, 4.69) is 26.6 Å². The normalized spacial score (nSPS) is 18.8. The highest BCUT2D eigenvalue weighted by Crippen LogP contribution is 2.32. The summed E-state index contributed by atoms with van der Waals surface area (Å²) in [5.74, 6) is -4.11. The van der Waals surface area contributed by atoms with E-state index in [1.807, 2.05) is 13.8 Å². The standard InChI is InChI=1S/C40H56N6O13/c1-4-59-34(49)11-8-27(23-26-12-13-42-36(26)50)43-37(51)30(22-25(2)3)44-33(48)24-58-21-20-57-19-18-56-17-16-55-15-14-41-29-7-5-6-28-35(29)40(54)46(39(28)53)31-9-10-32(47)45-38(31)52/h5-8,11,25-27,30-31,41H,4,9-10,12-24H2,1-3H3,(H,42,50)(H,43,51)(H,44,48)(H,45,47,52)/b11-8+/t26-,27+,30-,31?/m0/s1. The molecule has 5 N–H and O–H groups in total. The van der Waals surface area contributed by atoms with Crippen molar-refractivity contribution in [3.63, 3.8) is 0 Å². The molecule has 324 valence electrons. The van der Waals surface area contributed by atoms with Crippen LogP contribution >= 0.6 is 0 Å². The van der Waals surface area contributed by atoms with Gasteiger partial charge in [0.05, 0.1) is 64.0 Å². The predicted molar refractivity (Wildman–Crippen MR) is 210 cm³/mol.